The topological polar surface area (TPSA) is 48.6 Å². The largest absolute Gasteiger partial charge is 0.471 e. The van der Waals surface area contributed by atoms with Crippen LogP contribution < -0.4 is 4.74 Å². The van der Waals surface area contributed by atoms with Gasteiger partial charge in [0.2, 0.25) is 5.90 Å². The first-order valence-corrected chi connectivity index (χ1v) is 12.9. The fourth-order valence-corrected chi connectivity index (χ4v) is 5.81. The van der Waals surface area contributed by atoms with E-state index in [1.54, 1.807) is 0 Å². The normalized spacial score (nSPS) is 17.7. The third kappa shape index (κ3) is 3.32. The van der Waals surface area contributed by atoms with Crippen molar-refractivity contribution in [2.24, 2.45) is 4.99 Å². The second kappa shape index (κ2) is 8.32. The molecule has 38 heavy (non-hydrogen) atoms. The summed E-state index contributed by atoms with van der Waals surface area (Å²) < 4.78 is 14.8. The molecule has 0 fully saturated rings. The molecule has 6 aromatic rings. The van der Waals surface area contributed by atoms with Crippen LogP contribution in [0.1, 0.15) is 22.7 Å². The summed E-state index contributed by atoms with van der Waals surface area (Å²) >= 11 is 0. The molecule has 0 spiro atoms. The van der Waals surface area contributed by atoms with Gasteiger partial charge in [0.05, 0.1) is 11.2 Å². The van der Waals surface area contributed by atoms with E-state index in [-0.39, 0.29) is 12.1 Å². The maximum absolute atomic E-state index is 6.35. The lowest BCUT2D eigenvalue weighted by Gasteiger charge is -2.12. The molecule has 0 radical (unpaired) electrons. The smallest absolute Gasteiger partial charge is 0.217 e. The van der Waals surface area contributed by atoms with Crippen molar-refractivity contribution in [2.75, 3.05) is 0 Å². The molecule has 5 nitrogen and oxygen atoms in total. The van der Waals surface area contributed by atoms with Gasteiger partial charge in [-0.2, -0.15) is 0 Å². The van der Waals surface area contributed by atoms with Crippen LogP contribution in [0.4, 0.5) is 0 Å². The first-order chi connectivity index (χ1) is 18.8. The highest BCUT2D eigenvalue weighted by Crippen LogP contribution is 2.41. The average Bonchev–Trinajstić information content (AvgIpc) is 3.63. The van der Waals surface area contributed by atoms with Gasteiger partial charge in [-0.25, -0.2) is 9.98 Å². The second-order valence-electron chi connectivity index (χ2n) is 9.79. The van der Waals surface area contributed by atoms with Crippen LogP contribution in [-0.4, -0.2) is 21.6 Å². The Bertz CT molecular complexity index is 1830. The SMILES string of the molecule is c1cc(Oc2cccc(-n3c4ccccc4c4cccnc43)c2)cc(C2=N[C@H]3c4ccccc4C[C@H]3O2)c1. The monoisotopic (exact) mass is 493 g/mol. The standard InChI is InChI=1S/C33H23N3O2/c1-2-13-26-21(8-1)19-30-31(26)35-33(38-30)22-9-5-11-24(18-22)37-25-12-6-10-23(20-25)36-29-16-4-3-14-27(29)28-15-7-17-34-32(28)36/h1-18,20,30-31H,19H2/t30-,31+/m1/s1. The van der Waals surface area contributed by atoms with Crippen LogP contribution in [0.5, 0.6) is 11.5 Å². The predicted octanol–water partition coefficient (Wildman–Crippen LogP) is 7.41. The quantitative estimate of drug-likeness (QED) is 0.257. The highest BCUT2D eigenvalue weighted by atomic mass is 16.5. The number of rotatable bonds is 4. The molecule has 2 aliphatic rings. The van der Waals surface area contributed by atoms with Gasteiger partial charge in [-0.1, -0.05) is 54.6 Å². The molecule has 0 saturated heterocycles. The molecule has 182 valence electrons. The minimum Gasteiger partial charge on any atom is -0.471 e. The summed E-state index contributed by atoms with van der Waals surface area (Å²) in [5.41, 5.74) is 6.58. The lowest BCUT2D eigenvalue weighted by atomic mass is 10.1. The number of para-hydroxylation sites is 1. The van der Waals surface area contributed by atoms with Crippen molar-refractivity contribution in [3.63, 3.8) is 0 Å². The van der Waals surface area contributed by atoms with E-state index in [1.165, 1.54) is 16.5 Å². The number of aromatic nitrogens is 2. The third-order valence-electron chi connectivity index (χ3n) is 7.49. The van der Waals surface area contributed by atoms with Gasteiger partial charge in [-0.15, -0.1) is 0 Å². The van der Waals surface area contributed by atoms with Crippen molar-refractivity contribution in [3.05, 3.63) is 132 Å². The Labute approximate surface area is 219 Å². The first-order valence-electron chi connectivity index (χ1n) is 12.9. The Kier molecular flexibility index (Phi) is 4.64. The van der Waals surface area contributed by atoms with Gasteiger partial charge in [0.1, 0.15) is 29.3 Å². The Morgan fingerprint density at radius 1 is 0.763 bits per heavy atom. The summed E-state index contributed by atoms with van der Waals surface area (Å²) in [6, 6.07) is 37.2. The van der Waals surface area contributed by atoms with E-state index >= 15 is 0 Å². The van der Waals surface area contributed by atoms with Gasteiger partial charge < -0.3 is 9.47 Å². The van der Waals surface area contributed by atoms with E-state index in [4.69, 9.17) is 19.5 Å². The van der Waals surface area contributed by atoms with Crippen molar-refractivity contribution >= 4 is 27.8 Å². The second-order valence-corrected chi connectivity index (χ2v) is 9.79. The molecule has 5 heteroatoms. The van der Waals surface area contributed by atoms with Gasteiger partial charge in [0, 0.05) is 35.0 Å². The van der Waals surface area contributed by atoms with E-state index < -0.39 is 0 Å². The molecule has 4 aromatic carbocycles. The Balaban J connectivity index is 1.12. The molecule has 0 N–H and O–H groups in total. The molecule has 1 aliphatic heterocycles. The number of hydrogen-bond acceptors (Lipinski definition) is 4. The lowest BCUT2D eigenvalue weighted by Crippen LogP contribution is -2.13. The molecular weight excluding hydrogens is 470 g/mol. The van der Waals surface area contributed by atoms with Crippen molar-refractivity contribution in [1.82, 2.24) is 9.55 Å². The van der Waals surface area contributed by atoms with Gasteiger partial charge in [0.25, 0.3) is 0 Å². The molecule has 0 saturated carbocycles. The van der Waals surface area contributed by atoms with Crippen LogP contribution in [0.15, 0.2) is 120 Å². The number of pyridine rings is 1. The minimum atomic E-state index is 0.0716. The molecule has 1 aliphatic carbocycles. The van der Waals surface area contributed by atoms with E-state index in [2.05, 4.69) is 71.3 Å². The highest BCUT2D eigenvalue weighted by molar-refractivity contribution is 6.07. The Morgan fingerprint density at radius 3 is 2.55 bits per heavy atom. The number of aliphatic imine (C=N–C) groups is 1. The number of hydrogen-bond donors (Lipinski definition) is 0. The minimum absolute atomic E-state index is 0.0716. The fraction of sp³-hybridized carbons (Fsp3) is 0.0909. The fourth-order valence-electron chi connectivity index (χ4n) is 5.81. The zero-order chi connectivity index (χ0) is 25.1. The number of benzene rings is 4. The molecule has 2 aromatic heterocycles. The Hall–Kier alpha value is -4.90. The van der Waals surface area contributed by atoms with Crippen molar-refractivity contribution < 1.29 is 9.47 Å². The molecule has 3 heterocycles. The third-order valence-corrected chi connectivity index (χ3v) is 7.49. The van der Waals surface area contributed by atoms with Crippen LogP contribution in [0.3, 0.4) is 0 Å². The van der Waals surface area contributed by atoms with Crippen LogP contribution in [0.2, 0.25) is 0 Å². The lowest BCUT2D eigenvalue weighted by molar-refractivity contribution is 0.206. The number of fused-ring (bicyclic) bond motifs is 6. The van der Waals surface area contributed by atoms with Gasteiger partial charge >= 0.3 is 0 Å². The molecule has 8 rings (SSSR count). The van der Waals surface area contributed by atoms with Gasteiger partial charge in [0.15, 0.2) is 0 Å². The van der Waals surface area contributed by atoms with Crippen molar-refractivity contribution in [1.29, 1.82) is 0 Å². The zero-order valence-corrected chi connectivity index (χ0v) is 20.5. The highest BCUT2D eigenvalue weighted by Gasteiger charge is 2.39. The number of nitrogens with zero attached hydrogens (tertiary/aromatic N) is 3. The van der Waals surface area contributed by atoms with Crippen LogP contribution in [0, 0.1) is 0 Å². The van der Waals surface area contributed by atoms with E-state index in [9.17, 15) is 0 Å². The van der Waals surface area contributed by atoms with Crippen molar-refractivity contribution in [2.45, 2.75) is 18.6 Å². The molecule has 0 bridgehead atoms. The Morgan fingerprint density at radius 2 is 1.58 bits per heavy atom. The van der Waals surface area contributed by atoms with Gasteiger partial charge in [-0.3, -0.25) is 4.57 Å². The maximum Gasteiger partial charge on any atom is 0.217 e. The summed E-state index contributed by atoms with van der Waals surface area (Å²) in [7, 11) is 0. The predicted molar refractivity (Wildman–Crippen MR) is 149 cm³/mol. The molecular formula is C33H23N3O2. The first kappa shape index (κ1) is 21.2. The van der Waals surface area contributed by atoms with Crippen molar-refractivity contribution in [3.8, 4) is 17.2 Å². The van der Waals surface area contributed by atoms with Gasteiger partial charge in [-0.05, 0) is 59.7 Å². The summed E-state index contributed by atoms with van der Waals surface area (Å²) in [6.07, 6.45) is 2.81. The van der Waals surface area contributed by atoms with E-state index in [0.29, 0.717) is 5.90 Å². The van der Waals surface area contributed by atoms with E-state index in [1.807, 2.05) is 48.7 Å². The molecule has 0 amide bonds. The summed E-state index contributed by atoms with van der Waals surface area (Å²) in [5.74, 6) is 2.18. The number of ether oxygens (including phenoxy) is 2. The summed E-state index contributed by atoms with van der Waals surface area (Å²) in [5, 5.41) is 2.31. The van der Waals surface area contributed by atoms with Crippen LogP contribution >= 0.6 is 0 Å². The molecule has 0 unspecified atom stereocenters. The zero-order valence-electron chi connectivity index (χ0n) is 20.5. The van der Waals surface area contributed by atoms with Crippen LogP contribution in [-0.2, 0) is 11.2 Å². The summed E-state index contributed by atoms with van der Waals surface area (Å²) in [6.45, 7) is 0. The average molecular weight is 494 g/mol. The van der Waals surface area contributed by atoms with E-state index in [0.717, 1.165) is 45.7 Å². The van der Waals surface area contributed by atoms with Crippen LogP contribution in [0.25, 0.3) is 27.6 Å². The summed E-state index contributed by atoms with van der Waals surface area (Å²) in [4.78, 5) is 9.64. The maximum atomic E-state index is 6.35. The molecule has 2 atom stereocenters.